The predicted molar refractivity (Wildman–Crippen MR) is 99.7 cm³/mol. The maximum absolute atomic E-state index is 12.9. The number of anilines is 1. The van der Waals surface area contributed by atoms with Gasteiger partial charge in [-0.15, -0.1) is 11.8 Å². The Morgan fingerprint density at radius 1 is 1.16 bits per heavy atom. The SMILES string of the molecule is O=C1Nc2ccccc2S[C@@H]1CC(=O)N1CCC[C@H]1CN1CCCC1. The highest BCUT2D eigenvalue weighted by Gasteiger charge is 2.35. The van der Waals surface area contributed by atoms with Gasteiger partial charge in [-0.25, -0.2) is 0 Å². The first kappa shape index (κ1) is 16.9. The van der Waals surface area contributed by atoms with Crippen LogP contribution >= 0.6 is 11.8 Å². The Morgan fingerprint density at radius 2 is 1.96 bits per heavy atom. The Hall–Kier alpha value is -1.53. The molecule has 0 radical (unpaired) electrons. The van der Waals surface area contributed by atoms with Crippen LogP contribution in [-0.2, 0) is 9.59 Å². The summed E-state index contributed by atoms with van der Waals surface area (Å²) in [6.45, 7) is 4.16. The molecule has 0 bridgehead atoms. The zero-order chi connectivity index (χ0) is 17.2. The van der Waals surface area contributed by atoms with Crippen LogP contribution in [0.2, 0.25) is 0 Å². The summed E-state index contributed by atoms with van der Waals surface area (Å²) in [7, 11) is 0. The maximum atomic E-state index is 12.9. The van der Waals surface area contributed by atoms with Crippen molar-refractivity contribution in [2.45, 2.75) is 48.3 Å². The average molecular weight is 359 g/mol. The number of fused-ring (bicyclic) bond motifs is 1. The van der Waals surface area contributed by atoms with Crippen LogP contribution in [0.4, 0.5) is 5.69 Å². The fourth-order valence-electron chi connectivity index (χ4n) is 4.12. The fraction of sp³-hybridized carbons (Fsp3) is 0.579. The molecule has 0 unspecified atom stereocenters. The lowest BCUT2D eigenvalue weighted by molar-refractivity contribution is -0.133. The zero-order valence-electron chi connectivity index (χ0n) is 14.4. The number of likely N-dealkylation sites (tertiary alicyclic amines) is 2. The second kappa shape index (κ2) is 7.38. The summed E-state index contributed by atoms with van der Waals surface area (Å²) in [6, 6.07) is 8.12. The van der Waals surface area contributed by atoms with E-state index in [9.17, 15) is 9.59 Å². The molecule has 0 aliphatic carbocycles. The van der Waals surface area contributed by atoms with Gasteiger partial charge >= 0.3 is 0 Å². The van der Waals surface area contributed by atoms with Gasteiger partial charge in [-0.05, 0) is 50.9 Å². The highest BCUT2D eigenvalue weighted by molar-refractivity contribution is 8.01. The number of para-hydroxylation sites is 1. The summed E-state index contributed by atoms with van der Waals surface area (Å²) in [5.41, 5.74) is 0.856. The highest BCUT2D eigenvalue weighted by atomic mass is 32.2. The predicted octanol–water partition coefficient (Wildman–Crippen LogP) is 2.58. The van der Waals surface area contributed by atoms with Gasteiger partial charge in [0.25, 0.3) is 0 Å². The smallest absolute Gasteiger partial charge is 0.238 e. The van der Waals surface area contributed by atoms with Gasteiger partial charge in [-0.2, -0.15) is 0 Å². The fourth-order valence-corrected chi connectivity index (χ4v) is 5.22. The average Bonchev–Trinajstić information content (AvgIpc) is 3.28. The van der Waals surface area contributed by atoms with E-state index in [0.717, 1.165) is 49.6 Å². The van der Waals surface area contributed by atoms with Crippen LogP contribution in [0.25, 0.3) is 0 Å². The minimum Gasteiger partial charge on any atom is -0.338 e. The van der Waals surface area contributed by atoms with E-state index in [1.165, 1.54) is 24.6 Å². The second-order valence-corrected chi connectivity index (χ2v) is 8.43. The van der Waals surface area contributed by atoms with Crippen LogP contribution in [0.1, 0.15) is 32.1 Å². The lowest BCUT2D eigenvalue weighted by Gasteiger charge is -2.30. The monoisotopic (exact) mass is 359 g/mol. The van der Waals surface area contributed by atoms with Crippen molar-refractivity contribution in [3.05, 3.63) is 24.3 Å². The topological polar surface area (TPSA) is 52.7 Å². The van der Waals surface area contributed by atoms with E-state index in [2.05, 4.69) is 10.2 Å². The van der Waals surface area contributed by atoms with Gasteiger partial charge in [-0.1, -0.05) is 12.1 Å². The Morgan fingerprint density at radius 3 is 2.80 bits per heavy atom. The van der Waals surface area contributed by atoms with Crippen molar-refractivity contribution in [3.63, 3.8) is 0 Å². The molecule has 3 aliphatic rings. The molecule has 1 aromatic rings. The van der Waals surface area contributed by atoms with Crippen molar-refractivity contribution >= 4 is 29.3 Å². The molecule has 6 heteroatoms. The van der Waals surface area contributed by atoms with Gasteiger partial charge in [0.15, 0.2) is 0 Å². The third-order valence-corrected chi connectivity index (χ3v) is 6.71. The molecule has 0 spiro atoms. The number of carbonyl (C=O) groups is 2. The van der Waals surface area contributed by atoms with Crippen molar-refractivity contribution < 1.29 is 9.59 Å². The highest BCUT2D eigenvalue weighted by Crippen LogP contribution is 2.37. The molecule has 2 fully saturated rings. The minimum atomic E-state index is -0.324. The number of benzene rings is 1. The van der Waals surface area contributed by atoms with Crippen LogP contribution < -0.4 is 5.32 Å². The molecule has 5 nitrogen and oxygen atoms in total. The van der Waals surface area contributed by atoms with Gasteiger partial charge in [0.1, 0.15) is 0 Å². The van der Waals surface area contributed by atoms with Gasteiger partial charge < -0.3 is 15.1 Å². The summed E-state index contributed by atoms with van der Waals surface area (Å²) in [5, 5.41) is 2.61. The first-order valence-corrected chi connectivity index (χ1v) is 10.2. The van der Waals surface area contributed by atoms with E-state index in [-0.39, 0.29) is 17.1 Å². The minimum absolute atomic E-state index is 0.0488. The number of rotatable bonds is 4. The molecule has 2 saturated heterocycles. The molecule has 4 rings (SSSR count). The molecule has 2 atom stereocenters. The number of hydrogen-bond donors (Lipinski definition) is 1. The molecule has 1 aromatic carbocycles. The van der Waals surface area contributed by atoms with Crippen molar-refractivity contribution in [3.8, 4) is 0 Å². The maximum Gasteiger partial charge on any atom is 0.238 e. The van der Waals surface area contributed by atoms with Crippen LogP contribution in [0.3, 0.4) is 0 Å². The van der Waals surface area contributed by atoms with Gasteiger partial charge in [0.05, 0.1) is 10.9 Å². The van der Waals surface area contributed by atoms with Crippen molar-refractivity contribution in [2.75, 3.05) is 31.5 Å². The number of amides is 2. The first-order chi connectivity index (χ1) is 12.2. The van der Waals surface area contributed by atoms with E-state index in [1.54, 1.807) is 0 Å². The Kier molecular flexibility index (Phi) is 4.99. The molecule has 2 amide bonds. The van der Waals surface area contributed by atoms with E-state index in [1.807, 2.05) is 29.2 Å². The third-order valence-electron chi connectivity index (χ3n) is 5.43. The summed E-state index contributed by atoms with van der Waals surface area (Å²) in [5.74, 6) is 0.0843. The Balaban J connectivity index is 1.38. The van der Waals surface area contributed by atoms with E-state index in [4.69, 9.17) is 0 Å². The molecular formula is C19H25N3O2S. The molecule has 134 valence electrons. The van der Waals surface area contributed by atoms with Gasteiger partial charge in [0.2, 0.25) is 11.8 Å². The Bertz CT molecular complexity index is 660. The van der Waals surface area contributed by atoms with Crippen molar-refractivity contribution in [2.24, 2.45) is 0 Å². The Labute approximate surface area is 153 Å². The molecule has 0 saturated carbocycles. The number of carbonyl (C=O) groups excluding carboxylic acids is 2. The largest absolute Gasteiger partial charge is 0.338 e. The zero-order valence-corrected chi connectivity index (χ0v) is 15.3. The summed E-state index contributed by atoms with van der Waals surface area (Å²) in [4.78, 5) is 30.8. The van der Waals surface area contributed by atoms with Crippen molar-refractivity contribution in [1.29, 1.82) is 0 Å². The first-order valence-electron chi connectivity index (χ1n) is 9.29. The standard InChI is InChI=1S/C19H25N3O2S/c23-18(22-11-5-6-14(22)13-21-9-3-4-10-21)12-17-19(24)20-15-7-1-2-8-16(15)25-17/h1-2,7-8,14,17H,3-6,9-13H2,(H,20,24)/t14-,17+/m0/s1. The summed E-state index contributed by atoms with van der Waals surface area (Å²) >= 11 is 1.52. The summed E-state index contributed by atoms with van der Waals surface area (Å²) in [6.07, 6.45) is 5.02. The lowest BCUT2D eigenvalue weighted by Crippen LogP contribution is -2.44. The quantitative estimate of drug-likeness (QED) is 0.898. The van der Waals surface area contributed by atoms with Crippen LogP contribution in [-0.4, -0.2) is 59.1 Å². The normalized spacial score (nSPS) is 26.6. The number of thioether (sulfide) groups is 1. The van der Waals surface area contributed by atoms with E-state index < -0.39 is 0 Å². The van der Waals surface area contributed by atoms with Crippen LogP contribution in [0.5, 0.6) is 0 Å². The molecule has 0 aromatic heterocycles. The number of hydrogen-bond acceptors (Lipinski definition) is 4. The van der Waals surface area contributed by atoms with Crippen LogP contribution in [0.15, 0.2) is 29.2 Å². The third kappa shape index (κ3) is 3.70. The molecule has 25 heavy (non-hydrogen) atoms. The van der Waals surface area contributed by atoms with Gasteiger partial charge in [-0.3, -0.25) is 9.59 Å². The van der Waals surface area contributed by atoms with E-state index >= 15 is 0 Å². The number of nitrogens with zero attached hydrogens (tertiary/aromatic N) is 2. The molecule has 3 aliphatic heterocycles. The van der Waals surface area contributed by atoms with Gasteiger partial charge in [0, 0.05) is 30.4 Å². The molecule has 1 N–H and O–H groups in total. The summed E-state index contributed by atoms with van der Waals surface area (Å²) < 4.78 is 0. The van der Waals surface area contributed by atoms with Crippen molar-refractivity contribution in [1.82, 2.24) is 9.80 Å². The van der Waals surface area contributed by atoms with E-state index in [0.29, 0.717) is 12.5 Å². The number of nitrogens with one attached hydrogen (secondary N) is 1. The molecular weight excluding hydrogens is 334 g/mol. The van der Waals surface area contributed by atoms with Crippen LogP contribution in [0, 0.1) is 0 Å². The lowest BCUT2D eigenvalue weighted by atomic mass is 10.2. The molecule has 3 heterocycles. The second-order valence-electron chi connectivity index (χ2n) is 7.19.